The van der Waals surface area contributed by atoms with Gasteiger partial charge in [-0.3, -0.25) is 0 Å². The maximum absolute atomic E-state index is 13.3. The van der Waals surface area contributed by atoms with Crippen molar-refractivity contribution < 1.29 is 4.39 Å². The van der Waals surface area contributed by atoms with Gasteiger partial charge >= 0.3 is 0 Å². The molecule has 0 saturated carbocycles. The van der Waals surface area contributed by atoms with Gasteiger partial charge < -0.3 is 5.73 Å². The van der Waals surface area contributed by atoms with Crippen molar-refractivity contribution in [2.45, 2.75) is 6.04 Å². The van der Waals surface area contributed by atoms with Gasteiger partial charge in [0.15, 0.2) is 0 Å². The Kier molecular flexibility index (Phi) is 3.82. The molecule has 1 atom stereocenters. The number of hydrogen-bond acceptors (Lipinski definition) is 1. The second-order valence-corrected chi connectivity index (χ2v) is 5.09. The maximum Gasteiger partial charge on any atom is 0.124 e. The molecular formula is C13H10BrClFN. The summed E-state index contributed by atoms with van der Waals surface area (Å²) >= 11 is 9.15. The Bertz CT molecular complexity index is 524. The number of nitrogens with two attached hydrogens (primary N) is 1. The Balaban J connectivity index is 2.39. The molecular weight excluding hydrogens is 305 g/mol. The van der Waals surface area contributed by atoms with Crippen LogP contribution in [-0.2, 0) is 0 Å². The average Bonchev–Trinajstić information content (AvgIpc) is 2.26. The van der Waals surface area contributed by atoms with Crippen molar-refractivity contribution in [3.8, 4) is 0 Å². The van der Waals surface area contributed by atoms with Crippen molar-refractivity contribution in [2.24, 2.45) is 5.73 Å². The predicted octanol–water partition coefficient (Wildman–Crippen LogP) is 4.29. The summed E-state index contributed by atoms with van der Waals surface area (Å²) in [7, 11) is 0. The highest BCUT2D eigenvalue weighted by atomic mass is 79.9. The van der Waals surface area contributed by atoms with Gasteiger partial charge in [-0.1, -0.05) is 39.7 Å². The molecule has 0 saturated heterocycles. The molecule has 0 radical (unpaired) electrons. The van der Waals surface area contributed by atoms with Crippen molar-refractivity contribution in [2.75, 3.05) is 0 Å². The van der Waals surface area contributed by atoms with E-state index in [4.69, 9.17) is 17.3 Å². The Morgan fingerprint density at radius 2 is 1.88 bits per heavy atom. The lowest BCUT2D eigenvalue weighted by Gasteiger charge is -2.13. The molecule has 2 N–H and O–H groups in total. The summed E-state index contributed by atoms with van der Waals surface area (Å²) in [5.41, 5.74) is 7.64. The van der Waals surface area contributed by atoms with Crippen LogP contribution in [0, 0.1) is 5.82 Å². The lowest BCUT2D eigenvalue weighted by molar-refractivity contribution is 0.622. The molecule has 0 aromatic heterocycles. The summed E-state index contributed by atoms with van der Waals surface area (Å²) in [5, 5.41) is 0.619. The topological polar surface area (TPSA) is 26.0 Å². The highest BCUT2D eigenvalue weighted by Gasteiger charge is 2.11. The third kappa shape index (κ3) is 3.06. The van der Waals surface area contributed by atoms with Crippen LogP contribution in [0.4, 0.5) is 4.39 Å². The third-order valence-electron chi connectivity index (χ3n) is 2.45. The van der Waals surface area contributed by atoms with Crippen LogP contribution in [0.5, 0.6) is 0 Å². The molecule has 0 amide bonds. The molecule has 1 unspecified atom stereocenters. The van der Waals surface area contributed by atoms with Crippen LogP contribution in [0.1, 0.15) is 17.2 Å². The maximum atomic E-state index is 13.3. The molecule has 1 nitrogen and oxygen atoms in total. The Morgan fingerprint density at radius 3 is 2.53 bits per heavy atom. The zero-order valence-corrected chi connectivity index (χ0v) is 11.2. The molecule has 0 aliphatic heterocycles. The van der Waals surface area contributed by atoms with E-state index >= 15 is 0 Å². The van der Waals surface area contributed by atoms with E-state index in [1.807, 2.05) is 12.1 Å². The van der Waals surface area contributed by atoms with Crippen molar-refractivity contribution >= 4 is 27.5 Å². The molecule has 88 valence electrons. The van der Waals surface area contributed by atoms with Crippen molar-refractivity contribution in [1.29, 1.82) is 0 Å². The van der Waals surface area contributed by atoms with E-state index in [-0.39, 0.29) is 11.9 Å². The first kappa shape index (κ1) is 12.6. The third-order valence-corrected chi connectivity index (χ3v) is 3.14. The normalized spacial score (nSPS) is 12.5. The van der Waals surface area contributed by atoms with E-state index in [0.717, 1.165) is 5.56 Å². The summed E-state index contributed by atoms with van der Waals surface area (Å²) in [5.74, 6) is -0.313. The fourth-order valence-electron chi connectivity index (χ4n) is 1.65. The van der Waals surface area contributed by atoms with Crippen LogP contribution in [0.2, 0.25) is 5.02 Å². The molecule has 17 heavy (non-hydrogen) atoms. The summed E-state index contributed by atoms with van der Waals surface area (Å²) < 4.78 is 13.9. The van der Waals surface area contributed by atoms with Gasteiger partial charge in [0, 0.05) is 9.50 Å². The highest BCUT2D eigenvalue weighted by Crippen LogP contribution is 2.25. The Labute approximate surface area is 113 Å². The minimum Gasteiger partial charge on any atom is -0.320 e. The number of halogens is 3. The summed E-state index contributed by atoms with van der Waals surface area (Å²) in [6.07, 6.45) is 0. The van der Waals surface area contributed by atoms with Gasteiger partial charge in [-0.25, -0.2) is 4.39 Å². The van der Waals surface area contributed by atoms with Crippen molar-refractivity contribution in [1.82, 2.24) is 0 Å². The fraction of sp³-hybridized carbons (Fsp3) is 0.0769. The van der Waals surface area contributed by atoms with E-state index in [1.165, 1.54) is 12.1 Å². The standard InChI is InChI=1S/C13H10BrClFN/c14-10-4-9(6-12(16)7-10)13(17)8-2-1-3-11(15)5-8/h1-7,13H,17H2. The molecule has 2 aromatic rings. The van der Waals surface area contributed by atoms with Crippen LogP contribution < -0.4 is 5.73 Å². The van der Waals surface area contributed by atoms with Crippen LogP contribution in [0.25, 0.3) is 0 Å². The van der Waals surface area contributed by atoms with Gasteiger partial charge in [0.2, 0.25) is 0 Å². The largest absolute Gasteiger partial charge is 0.320 e. The van der Waals surface area contributed by atoms with Crippen LogP contribution in [0.15, 0.2) is 46.9 Å². The van der Waals surface area contributed by atoms with Gasteiger partial charge in [0.25, 0.3) is 0 Å². The second-order valence-electron chi connectivity index (χ2n) is 3.74. The summed E-state index contributed by atoms with van der Waals surface area (Å²) in [4.78, 5) is 0. The molecule has 2 aromatic carbocycles. The van der Waals surface area contributed by atoms with Gasteiger partial charge in [0.1, 0.15) is 5.82 Å². The number of hydrogen-bond donors (Lipinski definition) is 1. The quantitative estimate of drug-likeness (QED) is 0.879. The van der Waals surface area contributed by atoms with Crippen molar-refractivity contribution in [3.05, 3.63) is 68.9 Å². The SMILES string of the molecule is NC(c1cccc(Cl)c1)c1cc(F)cc(Br)c1. The molecule has 0 bridgehead atoms. The molecule has 0 spiro atoms. The molecule has 0 heterocycles. The van der Waals surface area contributed by atoms with E-state index in [9.17, 15) is 4.39 Å². The van der Waals surface area contributed by atoms with Crippen LogP contribution in [0.3, 0.4) is 0 Å². The van der Waals surface area contributed by atoms with Crippen molar-refractivity contribution in [3.63, 3.8) is 0 Å². The smallest absolute Gasteiger partial charge is 0.124 e. The van der Waals surface area contributed by atoms with E-state index in [2.05, 4.69) is 15.9 Å². The molecule has 0 aliphatic rings. The monoisotopic (exact) mass is 313 g/mol. The first-order valence-electron chi connectivity index (χ1n) is 5.03. The average molecular weight is 315 g/mol. The van der Waals surface area contributed by atoms with Gasteiger partial charge in [0.05, 0.1) is 6.04 Å². The highest BCUT2D eigenvalue weighted by molar-refractivity contribution is 9.10. The van der Waals surface area contributed by atoms with E-state index < -0.39 is 0 Å². The number of benzene rings is 2. The van der Waals surface area contributed by atoms with Crippen LogP contribution >= 0.6 is 27.5 Å². The van der Waals surface area contributed by atoms with E-state index in [1.54, 1.807) is 18.2 Å². The zero-order valence-electron chi connectivity index (χ0n) is 8.83. The predicted molar refractivity (Wildman–Crippen MR) is 71.6 cm³/mol. The fourth-order valence-corrected chi connectivity index (χ4v) is 2.33. The lowest BCUT2D eigenvalue weighted by Crippen LogP contribution is -2.12. The lowest BCUT2D eigenvalue weighted by atomic mass is 10.00. The van der Waals surface area contributed by atoms with Gasteiger partial charge in [-0.05, 0) is 41.5 Å². The first-order valence-corrected chi connectivity index (χ1v) is 6.20. The zero-order chi connectivity index (χ0) is 12.4. The molecule has 4 heteroatoms. The minimum atomic E-state index is -0.388. The Hall–Kier alpha value is -0.900. The summed E-state index contributed by atoms with van der Waals surface area (Å²) in [6.45, 7) is 0. The minimum absolute atomic E-state index is 0.313. The van der Waals surface area contributed by atoms with E-state index in [0.29, 0.717) is 15.1 Å². The molecule has 2 rings (SSSR count). The molecule has 0 aliphatic carbocycles. The summed E-state index contributed by atoms with van der Waals surface area (Å²) in [6, 6.07) is 11.5. The second kappa shape index (κ2) is 5.17. The van der Waals surface area contributed by atoms with Gasteiger partial charge in [-0.2, -0.15) is 0 Å². The first-order chi connectivity index (χ1) is 8.06. The van der Waals surface area contributed by atoms with Crippen LogP contribution in [-0.4, -0.2) is 0 Å². The molecule has 0 fully saturated rings. The van der Waals surface area contributed by atoms with Gasteiger partial charge in [-0.15, -0.1) is 0 Å². The number of rotatable bonds is 2. The Morgan fingerprint density at radius 1 is 1.12 bits per heavy atom.